The van der Waals surface area contributed by atoms with Gasteiger partial charge in [0.1, 0.15) is 0 Å². The van der Waals surface area contributed by atoms with Crippen LogP contribution in [0.25, 0.3) is 0 Å². The summed E-state index contributed by atoms with van der Waals surface area (Å²) in [6, 6.07) is 13.4. The third-order valence-corrected chi connectivity index (χ3v) is 5.25. The lowest BCUT2D eigenvalue weighted by Gasteiger charge is -2.26. The Morgan fingerprint density at radius 2 is 1.78 bits per heavy atom. The van der Waals surface area contributed by atoms with Gasteiger partial charge >= 0.3 is 0 Å². The molecule has 1 heterocycles. The van der Waals surface area contributed by atoms with E-state index in [1.54, 1.807) is 14.2 Å². The van der Waals surface area contributed by atoms with Crippen LogP contribution in [-0.4, -0.2) is 50.6 Å². The lowest BCUT2D eigenvalue weighted by molar-refractivity contribution is 0.0724. The number of carbonyl (C=O) groups excluding carboxylic acids is 1. The zero-order valence-electron chi connectivity index (χ0n) is 19.0. The van der Waals surface area contributed by atoms with Gasteiger partial charge in [-0.2, -0.15) is 0 Å². The third-order valence-electron chi connectivity index (χ3n) is 5.25. The maximum atomic E-state index is 12.6. The molecule has 1 saturated heterocycles. The molecule has 32 heavy (non-hydrogen) atoms. The molecule has 2 aromatic rings. The fourth-order valence-electron chi connectivity index (χ4n) is 3.57. The van der Waals surface area contributed by atoms with Gasteiger partial charge in [0.25, 0.3) is 5.91 Å². The van der Waals surface area contributed by atoms with Crippen LogP contribution in [0.5, 0.6) is 11.5 Å². The molecular formula is C24H33IN4O3. The number of likely N-dealkylation sites (tertiary alicyclic amines) is 1. The molecule has 1 aliphatic heterocycles. The average Bonchev–Trinajstić information content (AvgIpc) is 2.83. The Hall–Kier alpha value is -2.49. The van der Waals surface area contributed by atoms with E-state index in [4.69, 9.17) is 9.47 Å². The molecule has 0 bridgehead atoms. The van der Waals surface area contributed by atoms with Gasteiger partial charge in [-0.3, -0.25) is 9.79 Å². The summed E-state index contributed by atoms with van der Waals surface area (Å²) in [5.74, 6) is 2.13. The second-order valence-electron chi connectivity index (χ2n) is 7.40. The summed E-state index contributed by atoms with van der Waals surface area (Å²) in [5, 5.41) is 6.55. The van der Waals surface area contributed by atoms with Crippen LogP contribution in [0.3, 0.4) is 0 Å². The van der Waals surface area contributed by atoms with Crippen molar-refractivity contribution in [2.24, 2.45) is 4.99 Å². The van der Waals surface area contributed by atoms with Gasteiger partial charge in [-0.15, -0.1) is 24.0 Å². The van der Waals surface area contributed by atoms with Crippen molar-refractivity contribution >= 4 is 41.5 Å². The van der Waals surface area contributed by atoms with Gasteiger partial charge in [-0.05, 0) is 56.0 Å². The minimum Gasteiger partial charge on any atom is -0.493 e. The van der Waals surface area contributed by atoms with Gasteiger partial charge < -0.3 is 25.0 Å². The van der Waals surface area contributed by atoms with Crippen molar-refractivity contribution in [3.63, 3.8) is 0 Å². The van der Waals surface area contributed by atoms with Crippen molar-refractivity contribution in [3.8, 4) is 11.5 Å². The Labute approximate surface area is 207 Å². The van der Waals surface area contributed by atoms with E-state index < -0.39 is 0 Å². The fourth-order valence-corrected chi connectivity index (χ4v) is 3.57. The van der Waals surface area contributed by atoms with Crippen LogP contribution in [0.1, 0.15) is 42.1 Å². The summed E-state index contributed by atoms with van der Waals surface area (Å²) in [4.78, 5) is 18.8. The summed E-state index contributed by atoms with van der Waals surface area (Å²) in [6.45, 7) is 4.83. The van der Waals surface area contributed by atoms with Crippen LogP contribution in [0.2, 0.25) is 0 Å². The summed E-state index contributed by atoms with van der Waals surface area (Å²) in [6.07, 6.45) is 3.41. The van der Waals surface area contributed by atoms with Crippen LogP contribution < -0.4 is 20.1 Å². The molecule has 1 fully saturated rings. The van der Waals surface area contributed by atoms with Gasteiger partial charge in [0.2, 0.25) is 0 Å². The largest absolute Gasteiger partial charge is 0.493 e. The SMILES string of the molecule is CCOc1ccc(NC(=NC)NCc2ccc(C(=O)N3CCCCC3)cc2)cc1OC.I. The molecule has 0 aromatic heterocycles. The molecule has 3 rings (SSSR count). The number of carbonyl (C=O) groups is 1. The van der Waals surface area contributed by atoms with Crippen LogP contribution >= 0.6 is 24.0 Å². The van der Waals surface area contributed by atoms with E-state index in [1.807, 2.05) is 54.3 Å². The molecule has 2 aromatic carbocycles. The number of guanidine groups is 1. The number of ether oxygens (including phenoxy) is 2. The monoisotopic (exact) mass is 552 g/mol. The number of aliphatic imine (C=N–C) groups is 1. The molecule has 7 nitrogen and oxygen atoms in total. The molecule has 8 heteroatoms. The standard InChI is InChI=1S/C24H32N4O3.HI/c1-4-31-21-13-12-20(16-22(21)30-3)27-24(25-2)26-17-18-8-10-19(11-9-18)23(29)28-14-6-5-7-15-28;/h8-13,16H,4-7,14-15,17H2,1-3H3,(H2,25,26,27);1H. The maximum absolute atomic E-state index is 12.6. The molecule has 0 spiro atoms. The minimum absolute atomic E-state index is 0. The number of hydrogen-bond donors (Lipinski definition) is 2. The van der Waals surface area contributed by atoms with Crippen molar-refractivity contribution in [1.82, 2.24) is 10.2 Å². The van der Waals surface area contributed by atoms with Gasteiger partial charge in [0.05, 0.1) is 13.7 Å². The van der Waals surface area contributed by atoms with E-state index in [0.29, 0.717) is 30.6 Å². The first-order chi connectivity index (χ1) is 15.1. The second kappa shape index (κ2) is 13.1. The van der Waals surface area contributed by atoms with Gasteiger partial charge in [0.15, 0.2) is 17.5 Å². The van der Waals surface area contributed by atoms with Crippen LogP contribution in [-0.2, 0) is 6.54 Å². The predicted octanol–water partition coefficient (Wildman–Crippen LogP) is 4.53. The molecule has 0 aliphatic carbocycles. The summed E-state index contributed by atoms with van der Waals surface area (Å²) < 4.78 is 11.0. The van der Waals surface area contributed by atoms with Crippen molar-refractivity contribution in [3.05, 3.63) is 53.6 Å². The molecule has 0 unspecified atom stereocenters. The number of hydrogen-bond acceptors (Lipinski definition) is 4. The van der Waals surface area contributed by atoms with E-state index >= 15 is 0 Å². The van der Waals surface area contributed by atoms with Gasteiger partial charge in [-0.25, -0.2) is 0 Å². The van der Waals surface area contributed by atoms with Crippen LogP contribution in [0.15, 0.2) is 47.5 Å². The topological polar surface area (TPSA) is 75.2 Å². The predicted molar refractivity (Wildman–Crippen MR) is 140 cm³/mol. The number of halogens is 1. The minimum atomic E-state index is 0. The van der Waals surface area contributed by atoms with Crippen molar-refractivity contribution in [2.75, 3.05) is 39.2 Å². The number of piperidine rings is 1. The Balaban J connectivity index is 0.00000363. The normalized spacial score (nSPS) is 13.7. The lowest BCUT2D eigenvalue weighted by Crippen LogP contribution is -2.35. The third kappa shape index (κ3) is 7.01. The Morgan fingerprint density at radius 3 is 2.41 bits per heavy atom. The molecular weight excluding hydrogens is 519 g/mol. The van der Waals surface area contributed by atoms with E-state index in [9.17, 15) is 4.79 Å². The lowest BCUT2D eigenvalue weighted by atomic mass is 10.1. The molecule has 2 N–H and O–H groups in total. The maximum Gasteiger partial charge on any atom is 0.253 e. The smallest absolute Gasteiger partial charge is 0.253 e. The molecule has 0 radical (unpaired) electrons. The van der Waals surface area contributed by atoms with E-state index in [0.717, 1.165) is 42.7 Å². The molecule has 1 amide bonds. The summed E-state index contributed by atoms with van der Waals surface area (Å²) in [5.41, 5.74) is 2.66. The Kier molecular flexibility index (Phi) is 10.6. The molecule has 1 aliphatic rings. The first-order valence-electron chi connectivity index (χ1n) is 10.8. The molecule has 0 saturated carbocycles. The molecule has 174 valence electrons. The number of anilines is 1. The quantitative estimate of drug-likeness (QED) is 0.300. The average molecular weight is 552 g/mol. The zero-order valence-corrected chi connectivity index (χ0v) is 21.3. The zero-order chi connectivity index (χ0) is 22.1. The first kappa shape index (κ1) is 25.8. The fraction of sp³-hybridized carbons (Fsp3) is 0.417. The number of rotatable bonds is 7. The molecule has 0 atom stereocenters. The highest BCUT2D eigenvalue weighted by molar-refractivity contribution is 14.0. The number of benzene rings is 2. The second-order valence-corrected chi connectivity index (χ2v) is 7.40. The number of nitrogens with zero attached hydrogens (tertiary/aromatic N) is 2. The first-order valence-corrected chi connectivity index (χ1v) is 10.8. The van der Waals surface area contributed by atoms with Crippen molar-refractivity contribution in [1.29, 1.82) is 0 Å². The highest BCUT2D eigenvalue weighted by Crippen LogP contribution is 2.30. The highest BCUT2D eigenvalue weighted by Gasteiger charge is 2.17. The number of methoxy groups -OCH3 is 1. The number of amides is 1. The van der Waals surface area contributed by atoms with Gasteiger partial charge in [-0.1, -0.05) is 12.1 Å². The Bertz CT molecular complexity index is 897. The summed E-state index contributed by atoms with van der Waals surface area (Å²) in [7, 11) is 3.34. The van der Waals surface area contributed by atoms with Crippen LogP contribution in [0.4, 0.5) is 5.69 Å². The van der Waals surface area contributed by atoms with E-state index in [1.165, 1.54) is 6.42 Å². The Morgan fingerprint density at radius 1 is 1.06 bits per heavy atom. The number of nitrogens with one attached hydrogen (secondary N) is 2. The van der Waals surface area contributed by atoms with Crippen molar-refractivity contribution < 1.29 is 14.3 Å². The highest BCUT2D eigenvalue weighted by atomic mass is 127. The van der Waals surface area contributed by atoms with E-state index in [-0.39, 0.29) is 29.9 Å². The van der Waals surface area contributed by atoms with Crippen molar-refractivity contribution in [2.45, 2.75) is 32.7 Å². The summed E-state index contributed by atoms with van der Waals surface area (Å²) >= 11 is 0. The van der Waals surface area contributed by atoms with Gasteiger partial charge in [0, 0.05) is 44.0 Å². The van der Waals surface area contributed by atoms with E-state index in [2.05, 4.69) is 15.6 Å². The van der Waals surface area contributed by atoms with Crippen LogP contribution in [0, 0.1) is 0 Å².